The number of rotatable bonds is 2. The molecular weight excluding hydrogens is 240 g/mol. The molecule has 0 amide bonds. The highest BCUT2D eigenvalue weighted by molar-refractivity contribution is 5.75. The summed E-state index contributed by atoms with van der Waals surface area (Å²) in [6.45, 7) is 4.31. The first-order valence-electron chi connectivity index (χ1n) is 6.06. The van der Waals surface area contributed by atoms with Crippen molar-refractivity contribution in [3.8, 4) is 5.82 Å². The lowest BCUT2D eigenvalue weighted by atomic mass is 10.1. The summed E-state index contributed by atoms with van der Waals surface area (Å²) in [5, 5.41) is 16.7. The second-order valence-electron chi connectivity index (χ2n) is 4.41. The standard InChI is InChI=1S/C13H14N6/c1-8-9(2)15-17-13(10(8)7-14)19-12-6-4-3-5-11(12)16-18-19/h3-6H,7,14H2,1-2H3. The highest BCUT2D eigenvalue weighted by Crippen LogP contribution is 2.20. The molecule has 0 fully saturated rings. The number of aromatic nitrogens is 5. The summed E-state index contributed by atoms with van der Waals surface area (Å²) in [6.07, 6.45) is 0. The highest BCUT2D eigenvalue weighted by Gasteiger charge is 2.14. The van der Waals surface area contributed by atoms with E-state index in [4.69, 9.17) is 5.73 Å². The van der Waals surface area contributed by atoms with E-state index < -0.39 is 0 Å². The lowest BCUT2D eigenvalue weighted by Gasteiger charge is -2.10. The molecule has 19 heavy (non-hydrogen) atoms. The molecule has 0 aliphatic heterocycles. The lowest BCUT2D eigenvalue weighted by molar-refractivity contribution is 0.753. The number of para-hydroxylation sites is 1. The van der Waals surface area contributed by atoms with Gasteiger partial charge in [0.1, 0.15) is 5.52 Å². The summed E-state index contributed by atoms with van der Waals surface area (Å²) in [5.41, 5.74) is 10.4. The van der Waals surface area contributed by atoms with Crippen molar-refractivity contribution in [3.63, 3.8) is 0 Å². The third-order valence-electron chi connectivity index (χ3n) is 3.32. The van der Waals surface area contributed by atoms with Crippen LogP contribution in [-0.4, -0.2) is 25.2 Å². The van der Waals surface area contributed by atoms with Gasteiger partial charge in [-0.05, 0) is 31.5 Å². The number of nitrogens with zero attached hydrogens (tertiary/aromatic N) is 5. The Morgan fingerprint density at radius 1 is 1.11 bits per heavy atom. The zero-order valence-corrected chi connectivity index (χ0v) is 10.8. The molecule has 0 spiro atoms. The minimum absolute atomic E-state index is 0.395. The van der Waals surface area contributed by atoms with Crippen LogP contribution in [0, 0.1) is 13.8 Å². The van der Waals surface area contributed by atoms with Crippen LogP contribution < -0.4 is 5.73 Å². The van der Waals surface area contributed by atoms with Crippen LogP contribution in [0.2, 0.25) is 0 Å². The SMILES string of the molecule is Cc1nnc(-n2nnc3ccccc32)c(CN)c1C. The van der Waals surface area contributed by atoms with Crippen molar-refractivity contribution >= 4 is 11.0 Å². The van der Waals surface area contributed by atoms with Crippen molar-refractivity contribution in [1.29, 1.82) is 0 Å². The average Bonchev–Trinajstić information content (AvgIpc) is 2.85. The van der Waals surface area contributed by atoms with Gasteiger partial charge in [-0.25, -0.2) is 0 Å². The minimum atomic E-state index is 0.395. The summed E-state index contributed by atoms with van der Waals surface area (Å²) >= 11 is 0. The van der Waals surface area contributed by atoms with Crippen LogP contribution >= 0.6 is 0 Å². The molecular formula is C13H14N6. The quantitative estimate of drug-likeness (QED) is 0.745. The molecule has 0 unspecified atom stereocenters. The van der Waals surface area contributed by atoms with E-state index in [1.54, 1.807) is 4.68 Å². The molecule has 0 aliphatic rings. The molecule has 2 N–H and O–H groups in total. The van der Waals surface area contributed by atoms with Crippen molar-refractivity contribution in [2.24, 2.45) is 5.73 Å². The second kappa shape index (κ2) is 4.40. The fourth-order valence-corrected chi connectivity index (χ4v) is 2.08. The van der Waals surface area contributed by atoms with Crippen LogP contribution in [0.15, 0.2) is 24.3 Å². The summed E-state index contributed by atoms with van der Waals surface area (Å²) < 4.78 is 1.69. The molecule has 0 bridgehead atoms. The summed E-state index contributed by atoms with van der Waals surface area (Å²) in [7, 11) is 0. The van der Waals surface area contributed by atoms with E-state index in [9.17, 15) is 0 Å². The fourth-order valence-electron chi connectivity index (χ4n) is 2.08. The molecule has 0 aliphatic carbocycles. The van der Waals surface area contributed by atoms with E-state index >= 15 is 0 Å². The van der Waals surface area contributed by atoms with Crippen LogP contribution in [0.25, 0.3) is 16.9 Å². The number of fused-ring (bicyclic) bond motifs is 1. The Hall–Kier alpha value is -2.34. The van der Waals surface area contributed by atoms with Gasteiger partial charge in [-0.15, -0.1) is 10.2 Å². The molecule has 1 aromatic carbocycles. The van der Waals surface area contributed by atoms with Crippen LogP contribution in [0.3, 0.4) is 0 Å². The number of aryl methyl sites for hydroxylation is 1. The van der Waals surface area contributed by atoms with Gasteiger partial charge in [0.25, 0.3) is 0 Å². The Kier molecular flexibility index (Phi) is 2.72. The maximum Gasteiger partial charge on any atom is 0.182 e. The maximum absolute atomic E-state index is 5.84. The van der Waals surface area contributed by atoms with Crippen molar-refractivity contribution in [2.45, 2.75) is 20.4 Å². The van der Waals surface area contributed by atoms with Crippen molar-refractivity contribution in [2.75, 3.05) is 0 Å². The predicted octanol–water partition coefficient (Wildman–Crippen LogP) is 1.29. The first-order valence-corrected chi connectivity index (χ1v) is 6.06. The lowest BCUT2D eigenvalue weighted by Crippen LogP contribution is -2.12. The molecule has 6 nitrogen and oxygen atoms in total. The Bertz CT molecular complexity index is 746. The number of nitrogens with two attached hydrogens (primary N) is 1. The van der Waals surface area contributed by atoms with Crippen LogP contribution in [0.1, 0.15) is 16.8 Å². The van der Waals surface area contributed by atoms with Gasteiger partial charge in [0.2, 0.25) is 0 Å². The molecule has 6 heteroatoms. The molecule has 3 rings (SSSR count). The molecule has 2 aromatic heterocycles. The normalized spacial score (nSPS) is 11.1. The number of benzene rings is 1. The largest absolute Gasteiger partial charge is 0.326 e. The van der Waals surface area contributed by atoms with E-state index in [2.05, 4.69) is 20.5 Å². The van der Waals surface area contributed by atoms with E-state index in [0.717, 1.165) is 27.9 Å². The Morgan fingerprint density at radius 3 is 2.68 bits per heavy atom. The molecule has 96 valence electrons. The zero-order valence-electron chi connectivity index (χ0n) is 10.8. The Balaban J connectivity index is 2.30. The average molecular weight is 254 g/mol. The van der Waals surface area contributed by atoms with E-state index in [1.165, 1.54) is 0 Å². The summed E-state index contributed by atoms with van der Waals surface area (Å²) in [6, 6.07) is 7.73. The first kappa shape index (κ1) is 11.7. The van der Waals surface area contributed by atoms with Crippen LogP contribution in [-0.2, 0) is 6.54 Å². The summed E-state index contributed by atoms with van der Waals surface area (Å²) in [5.74, 6) is 0.652. The van der Waals surface area contributed by atoms with Crippen molar-refractivity contribution < 1.29 is 0 Å². The number of hydrogen-bond donors (Lipinski definition) is 1. The zero-order chi connectivity index (χ0) is 13.4. The Labute approximate surface area is 110 Å². The van der Waals surface area contributed by atoms with E-state index in [0.29, 0.717) is 12.4 Å². The molecule has 3 aromatic rings. The van der Waals surface area contributed by atoms with E-state index in [-0.39, 0.29) is 0 Å². The molecule has 0 atom stereocenters. The fraction of sp³-hybridized carbons (Fsp3) is 0.231. The first-order chi connectivity index (χ1) is 9.22. The molecule has 0 saturated heterocycles. The molecule has 0 radical (unpaired) electrons. The second-order valence-corrected chi connectivity index (χ2v) is 4.41. The Morgan fingerprint density at radius 2 is 1.89 bits per heavy atom. The highest BCUT2D eigenvalue weighted by atomic mass is 15.5. The number of hydrogen-bond acceptors (Lipinski definition) is 5. The van der Waals surface area contributed by atoms with Gasteiger partial charge in [-0.1, -0.05) is 17.3 Å². The van der Waals surface area contributed by atoms with Gasteiger partial charge in [0.15, 0.2) is 5.82 Å². The molecule has 0 saturated carbocycles. The van der Waals surface area contributed by atoms with Crippen LogP contribution in [0.5, 0.6) is 0 Å². The smallest absolute Gasteiger partial charge is 0.182 e. The topological polar surface area (TPSA) is 82.5 Å². The predicted molar refractivity (Wildman–Crippen MR) is 71.8 cm³/mol. The van der Waals surface area contributed by atoms with Gasteiger partial charge in [0, 0.05) is 12.1 Å². The van der Waals surface area contributed by atoms with Crippen LogP contribution in [0.4, 0.5) is 0 Å². The third-order valence-corrected chi connectivity index (χ3v) is 3.32. The van der Waals surface area contributed by atoms with Gasteiger partial charge in [-0.2, -0.15) is 9.78 Å². The monoisotopic (exact) mass is 254 g/mol. The maximum atomic E-state index is 5.84. The van der Waals surface area contributed by atoms with Crippen molar-refractivity contribution in [3.05, 3.63) is 41.1 Å². The van der Waals surface area contributed by atoms with Crippen molar-refractivity contribution in [1.82, 2.24) is 25.2 Å². The van der Waals surface area contributed by atoms with Gasteiger partial charge in [-0.3, -0.25) is 0 Å². The van der Waals surface area contributed by atoms with Gasteiger partial charge in [0.05, 0.1) is 11.2 Å². The third kappa shape index (κ3) is 1.77. The van der Waals surface area contributed by atoms with Gasteiger partial charge < -0.3 is 5.73 Å². The molecule has 2 heterocycles. The minimum Gasteiger partial charge on any atom is -0.326 e. The van der Waals surface area contributed by atoms with Gasteiger partial charge >= 0.3 is 0 Å². The van der Waals surface area contributed by atoms with E-state index in [1.807, 2.05) is 38.1 Å². The summed E-state index contributed by atoms with van der Waals surface area (Å²) in [4.78, 5) is 0.